The molecule has 0 aromatic heterocycles. The summed E-state index contributed by atoms with van der Waals surface area (Å²) < 4.78 is 0. The predicted octanol–water partition coefficient (Wildman–Crippen LogP) is 3.00. The summed E-state index contributed by atoms with van der Waals surface area (Å²) in [7, 11) is 0. The molecule has 0 bridgehead atoms. The molecule has 0 saturated heterocycles. The molecular formula is C18H27NO2. The number of aliphatic hydroxyl groups is 1. The zero-order valence-corrected chi connectivity index (χ0v) is 13.3. The van der Waals surface area contributed by atoms with Crippen LogP contribution in [0.4, 0.5) is 0 Å². The number of carbonyl (C=O) groups is 1. The van der Waals surface area contributed by atoms with Gasteiger partial charge in [0.15, 0.2) is 0 Å². The lowest BCUT2D eigenvalue weighted by Gasteiger charge is -2.34. The maximum atomic E-state index is 12.7. The monoisotopic (exact) mass is 289 g/mol. The highest BCUT2D eigenvalue weighted by atomic mass is 16.3. The normalized spacial score (nSPS) is 16.0. The van der Waals surface area contributed by atoms with Gasteiger partial charge in [0.2, 0.25) is 5.91 Å². The highest BCUT2D eigenvalue weighted by molar-refractivity contribution is 5.79. The zero-order chi connectivity index (χ0) is 15.2. The summed E-state index contributed by atoms with van der Waals surface area (Å²) >= 11 is 0. The molecule has 0 atom stereocenters. The lowest BCUT2D eigenvalue weighted by atomic mass is 9.93. The summed E-state index contributed by atoms with van der Waals surface area (Å²) in [6.45, 7) is 4.63. The third-order valence-corrected chi connectivity index (χ3v) is 4.52. The van der Waals surface area contributed by atoms with Crippen molar-refractivity contribution in [2.75, 3.05) is 13.2 Å². The fourth-order valence-electron chi connectivity index (χ4n) is 3.27. The lowest BCUT2D eigenvalue weighted by molar-refractivity contribution is -0.134. The molecule has 2 rings (SSSR count). The molecule has 1 aromatic rings. The van der Waals surface area contributed by atoms with Crippen LogP contribution in [0.3, 0.4) is 0 Å². The van der Waals surface area contributed by atoms with Gasteiger partial charge in [-0.25, -0.2) is 0 Å². The van der Waals surface area contributed by atoms with Gasteiger partial charge in [0.05, 0.1) is 13.0 Å². The Bertz CT molecular complexity index is 478. The van der Waals surface area contributed by atoms with Crippen molar-refractivity contribution in [2.45, 2.75) is 58.4 Å². The fourth-order valence-corrected chi connectivity index (χ4v) is 3.27. The van der Waals surface area contributed by atoms with Crippen LogP contribution in [0, 0.1) is 13.8 Å². The fraction of sp³-hybridized carbons (Fsp3) is 0.611. The van der Waals surface area contributed by atoms with E-state index in [2.05, 4.69) is 32.0 Å². The molecular weight excluding hydrogens is 262 g/mol. The Morgan fingerprint density at radius 1 is 1.24 bits per heavy atom. The van der Waals surface area contributed by atoms with Crippen LogP contribution >= 0.6 is 0 Å². The molecule has 1 N–H and O–H groups in total. The topological polar surface area (TPSA) is 40.5 Å². The number of rotatable bonds is 5. The van der Waals surface area contributed by atoms with Gasteiger partial charge in [-0.15, -0.1) is 0 Å². The van der Waals surface area contributed by atoms with Gasteiger partial charge in [0.1, 0.15) is 0 Å². The Morgan fingerprint density at radius 2 is 1.95 bits per heavy atom. The second-order valence-corrected chi connectivity index (χ2v) is 6.21. The molecule has 1 fully saturated rings. The minimum absolute atomic E-state index is 0.0506. The molecule has 1 saturated carbocycles. The maximum absolute atomic E-state index is 12.7. The third kappa shape index (κ3) is 4.31. The average Bonchev–Trinajstić information content (AvgIpc) is 2.49. The average molecular weight is 289 g/mol. The Morgan fingerprint density at radius 3 is 2.62 bits per heavy atom. The Balaban J connectivity index is 2.08. The van der Waals surface area contributed by atoms with Gasteiger partial charge in [-0.2, -0.15) is 0 Å². The molecule has 21 heavy (non-hydrogen) atoms. The van der Waals surface area contributed by atoms with E-state index in [0.29, 0.717) is 19.0 Å². The summed E-state index contributed by atoms with van der Waals surface area (Å²) in [4.78, 5) is 14.6. The number of aryl methyl sites for hydroxylation is 2. The predicted molar refractivity (Wildman–Crippen MR) is 85.3 cm³/mol. The molecule has 3 nitrogen and oxygen atoms in total. The number of amides is 1. The van der Waals surface area contributed by atoms with Crippen molar-refractivity contribution in [1.29, 1.82) is 0 Å². The van der Waals surface area contributed by atoms with Gasteiger partial charge in [-0.05, 0) is 37.8 Å². The minimum atomic E-state index is 0.0506. The number of nitrogens with zero attached hydrogens (tertiary/aromatic N) is 1. The van der Waals surface area contributed by atoms with E-state index in [1.807, 2.05) is 4.90 Å². The molecule has 1 aliphatic rings. The first kappa shape index (κ1) is 16.0. The standard InChI is InChI=1S/C18H27NO2/c1-14-8-9-15(2)16(12-14)13-18(21)19(10-11-20)17-6-4-3-5-7-17/h8-9,12,17,20H,3-7,10-11,13H2,1-2H3. The van der Waals surface area contributed by atoms with E-state index in [0.717, 1.165) is 18.4 Å². The first-order valence-corrected chi connectivity index (χ1v) is 8.08. The second kappa shape index (κ2) is 7.60. The summed E-state index contributed by atoms with van der Waals surface area (Å²) in [5.41, 5.74) is 3.47. The molecule has 0 spiro atoms. The first-order valence-electron chi connectivity index (χ1n) is 8.08. The van der Waals surface area contributed by atoms with E-state index >= 15 is 0 Å². The summed E-state index contributed by atoms with van der Waals surface area (Å²) in [6.07, 6.45) is 6.28. The Labute approximate surface area is 128 Å². The Kier molecular flexibility index (Phi) is 5.80. The van der Waals surface area contributed by atoms with Crippen LogP contribution < -0.4 is 0 Å². The van der Waals surface area contributed by atoms with Crippen LogP contribution in [-0.2, 0) is 11.2 Å². The van der Waals surface area contributed by atoms with Gasteiger partial charge in [-0.3, -0.25) is 4.79 Å². The number of hydrogen-bond donors (Lipinski definition) is 1. The minimum Gasteiger partial charge on any atom is -0.395 e. The first-order chi connectivity index (χ1) is 10.1. The van der Waals surface area contributed by atoms with E-state index in [4.69, 9.17) is 0 Å². The maximum Gasteiger partial charge on any atom is 0.227 e. The molecule has 1 amide bonds. The van der Waals surface area contributed by atoms with Crippen LogP contribution in [-0.4, -0.2) is 35.1 Å². The van der Waals surface area contributed by atoms with Crippen molar-refractivity contribution in [2.24, 2.45) is 0 Å². The van der Waals surface area contributed by atoms with E-state index in [1.54, 1.807) is 0 Å². The van der Waals surface area contributed by atoms with Crippen LogP contribution in [0.15, 0.2) is 18.2 Å². The van der Waals surface area contributed by atoms with Gasteiger partial charge in [-0.1, -0.05) is 43.0 Å². The number of hydrogen-bond acceptors (Lipinski definition) is 2. The van der Waals surface area contributed by atoms with Crippen LogP contribution in [0.1, 0.15) is 48.8 Å². The molecule has 0 heterocycles. The van der Waals surface area contributed by atoms with E-state index in [-0.39, 0.29) is 12.5 Å². The highest BCUT2D eigenvalue weighted by Gasteiger charge is 2.25. The van der Waals surface area contributed by atoms with Crippen molar-refractivity contribution in [3.05, 3.63) is 34.9 Å². The van der Waals surface area contributed by atoms with Crippen LogP contribution in [0.25, 0.3) is 0 Å². The second-order valence-electron chi connectivity index (χ2n) is 6.21. The molecule has 1 aliphatic carbocycles. The lowest BCUT2D eigenvalue weighted by Crippen LogP contribution is -2.43. The summed E-state index contributed by atoms with van der Waals surface area (Å²) in [6, 6.07) is 6.58. The molecule has 116 valence electrons. The van der Waals surface area contributed by atoms with Crippen molar-refractivity contribution >= 4 is 5.91 Å². The van der Waals surface area contributed by atoms with E-state index in [9.17, 15) is 9.90 Å². The molecule has 0 aliphatic heterocycles. The van der Waals surface area contributed by atoms with Crippen molar-refractivity contribution in [1.82, 2.24) is 4.90 Å². The van der Waals surface area contributed by atoms with Crippen molar-refractivity contribution in [3.8, 4) is 0 Å². The zero-order valence-electron chi connectivity index (χ0n) is 13.3. The van der Waals surface area contributed by atoms with Crippen LogP contribution in [0.2, 0.25) is 0 Å². The molecule has 3 heteroatoms. The quantitative estimate of drug-likeness (QED) is 0.905. The summed E-state index contributed by atoms with van der Waals surface area (Å²) in [5, 5.41) is 9.29. The molecule has 1 aromatic carbocycles. The highest BCUT2D eigenvalue weighted by Crippen LogP contribution is 2.23. The van der Waals surface area contributed by atoms with Gasteiger partial charge < -0.3 is 10.0 Å². The van der Waals surface area contributed by atoms with E-state index < -0.39 is 0 Å². The number of benzene rings is 1. The number of aliphatic hydroxyl groups excluding tert-OH is 1. The van der Waals surface area contributed by atoms with Gasteiger partial charge in [0, 0.05) is 12.6 Å². The van der Waals surface area contributed by atoms with Crippen LogP contribution in [0.5, 0.6) is 0 Å². The van der Waals surface area contributed by atoms with E-state index in [1.165, 1.54) is 30.4 Å². The SMILES string of the molecule is Cc1ccc(C)c(CC(=O)N(CCO)C2CCCCC2)c1. The van der Waals surface area contributed by atoms with Gasteiger partial charge >= 0.3 is 0 Å². The number of carbonyl (C=O) groups excluding carboxylic acids is 1. The largest absolute Gasteiger partial charge is 0.395 e. The summed E-state index contributed by atoms with van der Waals surface area (Å²) in [5.74, 6) is 0.157. The smallest absolute Gasteiger partial charge is 0.227 e. The van der Waals surface area contributed by atoms with Gasteiger partial charge in [0.25, 0.3) is 0 Å². The molecule has 0 unspecified atom stereocenters. The third-order valence-electron chi connectivity index (χ3n) is 4.52. The van der Waals surface area contributed by atoms with Crippen molar-refractivity contribution < 1.29 is 9.90 Å². The van der Waals surface area contributed by atoms with Crippen molar-refractivity contribution in [3.63, 3.8) is 0 Å². The Hall–Kier alpha value is -1.35. The molecule has 0 radical (unpaired) electrons.